The Hall–Kier alpha value is -0.0700. The number of unbranched alkanes of at least 4 members (excludes halogenated alkanes) is 1. The fourth-order valence-electron chi connectivity index (χ4n) is 2.51. The molecule has 0 aromatic carbocycles. The molecule has 1 unspecified atom stereocenters. The maximum absolute atomic E-state index is 11.5. The Morgan fingerprint density at radius 2 is 1.73 bits per heavy atom. The summed E-state index contributed by atoms with van der Waals surface area (Å²) in [5.41, 5.74) is 0. The van der Waals surface area contributed by atoms with Crippen LogP contribution < -0.4 is 0 Å². The second-order valence-corrected chi connectivity index (χ2v) is 9.86. The molecule has 0 saturated heterocycles. The van der Waals surface area contributed by atoms with Crippen LogP contribution in [0.25, 0.3) is 0 Å². The highest BCUT2D eigenvalue weighted by Gasteiger charge is 2.29. The average Bonchev–Trinajstić information content (AvgIpc) is 2.46. The number of hydrogen-bond donors (Lipinski definition) is 0. The van der Waals surface area contributed by atoms with E-state index in [0.29, 0.717) is 23.1 Å². The Morgan fingerprint density at radius 1 is 1.14 bits per heavy atom. The van der Waals surface area contributed by atoms with Gasteiger partial charge in [0.15, 0.2) is 11.5 Å². The van der Waals surface area contributed by atoms with E-state index in [-0.39, 0.29) is 5.75 Å². The van der Waals surface area contributed by atoms with Gasteiger partial charge in [-0.15, -0.1) is 0 Å². The largest absolute Gasteiger partial charge is 0.748 e. The average molecular weight is 353 g/mol. The van der Waals surface area contributed by atoms with Crippen LogP contribution in [-0.2, 0) is 25.8 Å². The second-order valence-electron chi connectivity index (χ2n) is 6.00. The van der Waals surface area contributed by atoms with Crippen LogP contribution in [-0.4, -0.2) is 41.8 Å². The minimum Gasteiger partial charge on any atom is -0.748 e. The van der Waals surface area contributed by atoms with Crippen molar-refractivity contribution >= 4 is 26.8 Å². The van der Waals surface area contributed by atoms with Gasteiger partial charge >= 0.3 is 0 Å². The first-order chi connectivity index (χ1) is 10.3. The third-order valence-corrected chi connectivity index (χ3v) is 6.96. The molecule has 132 valence electrons. The maximum Gasteiger partial charge on any atom is 0.181 e. The Balaban J connectivity index is 0.000000472. The lowest BCUT2D eigenvalue weighted by molar-refractivity contribution is -0.116. The molecule has 0 aromatic heterocycles. The molecule has 0 N–H and O–H groups in total. The van der Waals surface area contributed by atoms with E-state index < -0.39 is 10.1 Å². The summed E-state index contributed by atoms with van der Waals surface area (Å²) < 4.78 is 29.5. The molecule has 1 aliphatic carbocycles. The van der Waals surface area contributed by atoms with E-state index in [1.165, 1.54) is 32.1 Å². The van der Waals surface area contributed by atoms with Gasteiger partial charge in [0.1, 0.15) is 5.25 Å². The lowest BCUT2D eigenvalue weighted by Gasteiger charge is -2.20. The lowest BCUT2D eigenvalue weighted by atomic mass is 10.0. The highest BCUT2D eigenvalue weighted by atomic mass is 32.2. The smallest absolute Gasteiger partial charge is 0.181 e. The summed E-state index contributed by atoms with van der Waals surface area (Å²) in [7, 11) is -3.57. The number of hydrogen-bond acceptors (Lipinski definition) is 4. The molecule has 0 radical (unpaired) electrons. The van der Waals surface area contributed by atoms with Crippen molar-refractivity contribution in [3.8, 4) is 0 Å². The summed E-state index contributed by atoms with van der Waals surface area (Å²) in [6, 6.07) is 0. The topological polar surface area (TPSA) is 74.3 Å². The number of ketones is 1. The highest BCUT2D eigenvalue weighted by Crippen LogP contribution is 2.24. The van der Waals surface area contributed by atoms with Crippen LogP contribution >= 0.6 is 0 Å². The standard InChI is InChI=1S/C12H23OS.C4H10O3S/c1-3-7-11(13)10-14(2)12-8-5-4-6-9-12;1-2-3-4-8(5,6)7/h12H,3-10H2,1-2H3;2-4H2,1H3,(H,5,6,7)/q+1;/p-1. The summed E-state index contributed by atoms with van der Waals surface area (Å²) in [5.74, 6) is 1.13. The van der Waals surface area contributed by atoms with Crippen molar-refractivity contribution in [1.82, 2.24) is 0 Å². The Labute approximate surface area is 139 Å². The first-order valence-corrected chi connectivity index (χ1v) is 11.8. The van der Waals surface area contributed by atoms with Gasteiger partial charge < -0.3 is 4.55 Å². The molecule has 0 aliphatic heterocycles. The summed E-state index contributed by atoms with van der Waals surface area (Å²) >= 11 is 0. The zero-order valence-electron chi connectivity index (χ0n) is 14.3. The summed E-state index contributed by atoms with van der Waals surface area (Å²) in [5, 5.41) is 0.865. The van der Waals surface area contributed by atoms with Crippen molar-refractivity contribution in [2.24, 2.45) is 0 Å². The van der Waals surface area contributed by atoms with E-state index in [0.717, 1.165) is 30.3 Å². The van der Waals surface area contributed by atoms with Gasteiger partial charge in [-0.1, -0.05) is 26.7 Å². The van der Waals surface area contributed by atoms with Crippen molar-refractivity contribution < 1.29 is 17.8 Å². The van der Waals surface area contributed by atoms with Crippen LogP contribution in [0.15, 0.2) is 0 Å². The molecule has 22 heavy (non-hydrogen) atoms. The predicted molar refractivity (Wildman–Crippen MR) is 94.4 cm³/mol. The van der Waals surface area contributed by atoms with Crippen molar-refractivity contribution in [1.29, 1.82) is 0 Å². The zero-order chi connectivity index (χ0) is 17.0. The molecule has 1 atom stereocenters. The van der Waals surface area contributed by atoms with Crippen LogP contribution in [0.4, 0.5) is 0 Å². The molecular formula is C16H32O4S2. The molecule has 0 bridgehead atoms. The van der Waals surface area contributed by atoms with Gasteiger partial charge in [0, 0.05) is 12.2 Å². The molecule has 1 saturated carbocycles. The third kappa shape index (κ3) is 12.5. The molecule has 0 amide bonds. The molecule has 1 rings (SSSR count). The van der Waals surface area contributed by atoms with E-state index >= 15 is 0 Å². The fourth-order valence-corrected chi connectivity index (χ4v) is 5.18. The fraction of sp³-hybridized carbons (Fsp3) is 0.938. The normalized spacial score (nSPS) is 17.5. The molecule has 0 heterocycles. The summed E-state index contributed by atoms with van der Waals surface area (Å²) in [4.78, 5) is 11.5. The Kier molecular flexibility index (Phi) is 12.3. The van der Waals surface area contributed by atoms with Gasteiger partial charge in [-0.25, -0.2) is 8.42 Å². The minimum atomic E-state index is -3.94. The van der Waals surface area contributed by atoms with Gasteiger partial charge in [0.25, 0.3) is 0 Å². The first kappa shape index (κ1) is 21.9. The number of Topliss-reactive ketones (excluding diaryl/α,β-unsaturated/α-hetero) is 1. The van der Waals surface area contributed by atoms with Crippen molar-refractivity contribution in [3.05, 3.63) is 0 Å². The number of carbonyl (C=O) groups is 1. The van der Waals surface area contributed by atoms with Crippen LogP contribution in [0.5, 0.6) is 0 Å². The first-order valence-electron chi connectivity index (χ1n) is 8.36. The Bertz CT molecular complexity index is 387. The van der Waals surface area contributed by atoms with E-state index in [9.17, 15) is 17.8 Å². The molecule has 1 fully saturated rings. The quantitative estimate of drug-likeness (QED) is 0.496. The lowest BCUT2D eigenvalue weighted by Crippen LogP contribution is -2.28. The predicted octanol–water partition coefficient (Wildman–Crippen LogP) is 3.27. The van der Waals surface area contributed by atoms with Gasteiger partial charge in [-0.05, 0) is 49.4 Å². The highest BCUT2D eigenvalue weighted by molar-refractivity contribution is 7.97. The Morgan fingerprint density at radius 3 is 2.14 bits per heavy atom. The van der Waals surface area contributed by atoms with E-state index in [1.807, 2.05) is 6.92 Å². The number of carbonyl (C=O) groups excluding carboxylic acids is 1. The summed E-state index contributed by atoms with van der Waals surface area (Å²) in [6.07, 6.45) is 12.3. The number of rotatable bonds is 8. The zero-order valence-corrected chi connectivity index (χ0v) is 15.9. The SMILES string of the molecule is CCCC(=O)C[S+](C)C1CCCCC1.CCCCS(=O)(=O)[O-]. The monoisotopic (exact) mass is 352 g/mol. The van der Waals surface area contributed by atoms with Crippen LogP contribution in [0.3, 0.4) is 0 Å². The molecular weight excluding hydrogens is 320 g/mol. The van der Waals surface area contributed by atoms with E-state index in [4.69, 9.17) is 0 Å². The second kappa shape index (κ2) is 12.4. The minimum absolute atomic E-state index is 0.219. The van der Waals surface area contributed by atoms with E-state index in [2.05, 4.69) is 13.2 Å². The molecule has 4 nitrogen and oxygen atoms in total. The van der Waals surface area contributed by atoms with Gasteiger partial charge in [0.2, 0.25) is 0 Å². The molecule has 0 aromatic rings. The van der Waals surface area contributed by atoms with Gasteiger partial charge in [-0.3, -0.25) is 4.79 Å². The van der Waals surface area contributed by atoms with Gasteiger partial charge in [0.05, 0.1) is 16.4 Å². The van der Waals surface area contributed by atoms with Crippen molar-refractivity contribution in [2.75, 3.05) is 17.8 Å². The molecule has 1 aliphatic rings. The summed E-state index contributed by atoms with van der Waals surface area (Å²) in [6.45, 7) is 3.93. The molecule has 6 heteroatoms. The third-order valence-electron chi connectivity index (χ3n) is 3.79. The van der Waals surface area contributed by atoms with Crippen molar-refractivity contribution in [3.63, 3.8) is 0 Å². The van der Waals surface area contributed by atoms with E-state index in [1.54, 1.807) is 0 Å². The van der Waals surface area contributed by atoms with Gasteiger partial charge in [-0.2, -0.15) is 0 Å². The molecule has 0 spiro atoms. The van der Waals surface area contributed by atoms with Crippen LogP contribution in [0.2, 0.25) is 0 Å². The maximum atomic E-state index is 11.5. The van der Waals surface area contributed by atoms with Crippen molar-refractivity contribution in [2.45, 2.75) is 76.9 Å². The van der Waals surface area contributed by atoms with Crippen LogP contribution in [0.1, 0.15) is 71.6 Å². The van der Waals surface area contributed by atoms with Crippen LogP contribution in [0, 0.1) is 0 Å².